The minimum Gasteiger partial charge on any atom is -0.382 e. The Bertz CT molecular complexity index is 1340. The smallest absolute Gasteiger partial charge is 0.265 e. The molecule has 36 heavy (non-hydrogen) atoms. The van der Waals surface area contributed by atoms with Crippen LogP contribution in [0.5, 0.6) is 0 Å². The predicted molar refractivity (Wildman–Crippen MR) is 137 cm³/mol. The van der Waals surface area contributed by atoms with Crippen molar-refractivity contribution >= 4 is 33.1 Å². The van der Waals surface area contributed by atoms with Gasteiger partial charge in [-0.3, -0.25) is 13.9 Å². The lowest BCUT2D eigenvalue weighted by molar-refractivity contribution is -0.126. The molecule has 4 rings (SSSR count). The van der Waals surface area contributed by atoms with Crippen LogP contribution in [0.4, 0.5) is 15.8 Å². The summed E-state index contributed by atoms with van der Waals surface area (Å²) in [5.74, 6) is -0.765. The number of Topliss-reactive ketones (excluding diaryl/α,β-unsaturated/α-hetero) is 1. The number of fused-ring (bicyclic) bond motifs is 1. The summed E-state index contributed by atoms with van der Waals surface area (Å²) >= 11 is 0. The van der Waals surface area contributed by atoms with E-state index in [0.29, 0.717) is 11.3 Å². The Morgan fingerprint density at radius 2 is 1.72 bits per heavy atom. The minimum absolute atomic E-state index is 0.0569. The average Bonchev–Trinajstić information content (AvgIpc) is 2.87. The molecule has 1 amide bonds. The highest BCUT2D eigenvalue weighted by Crippen LogP contribution is 2.35. The van der Waals surface area contributed by atoms with Gasteiger partial charge in [0.1, 0.15) is 12.7 Å². The van der Waals surface area contributed by atoms with Crippen molar-refractivity contribution in [2.24, 2.45) is 0 Å². The fourth-order valence-electron chi connectivity index (χ4n) is 4.18. The first-order chi connectivity index (χ1) is 17.3. The topological polar surface area (TPSA) is 95.6 Å². The van der Waals surface area contributed by atoms with E-state index in [9.17, 15) is 22.4 Å². The van der Waals surface area contributed by atoms with Crippen molar-refractivity contribution in [3.8, 4) is 0 Å². The average molecular weight is 509 g/mol. The second-order valence-corrected chi connectivity index (χ2v) is 10.5. The second kappa shape index (κ2) is 10.9. The van der Waals surface area contributed by atoms with Crippen LogP contribution in [0, 0.1) is 6.92 Å². The highest BCUT2D eigenvalue weighted by molar-refractivity contribution is 7.93. The van der Waals surface area contributed by atoms with Crippen LogP contribution in [0.1, 0.15) is 23.1 Å². The highest BCUT2D eigenvalue weighted by atomic mass is 32.2. The van der Waals surface area contributed by atoms with Gasteiger partial charge in [0.25, 0.3) is 10.0 Å². The number of para-hydroxylation sites is 1. The number of carbonyl (C=O) groups excluding carboxylic acids is 2. The zero-order chi connectivity index (χ0) is 25.7. The number of rotatable bonds is 9. The van der Waals surface area contributed by atoms with Gasteiger partial charge >= 0.3 is 0 Å². The van der Waals surface area contributed by atoms with Crippen LogP contribution in [0.3, 0.4) is 0 Å². The molecular formula is C27H28FN3O4S. The highest BCUT2D eigenvalue weighted by Gasteiger charge is 2.41. The van der Waals surface area contributed by atoms with Crippen LogP contribution in [0.25, 0.3) is 0 Å². The van der Waals surface area contributed by atoms with Crippen molar-refractivity contribution in [2.45, 2.75) is 37.2 Å². The maximum Gasteiger partial charge on any atom is 0.265 e. The van der Waals surface area contributed by atoms with Gasteiger partial charge in [0.05, 0.1) is 17.0 Å². The summed E-state index contributed by atoms with van der Waals surface area (Å²) in [6.45, 7) is 1.82. The number of hydrogen-bond donors (Lipinski definition) is 2. The minimum atomic E-state index is -4.10. The molecule has 0 aliphatic carbocycles. The first-order valence-corrected chi connectivity index (χ1v) is 13.1. The number of halogens is 1. The van der Waals surface area contributed by atoms with E-state index in [-0.39, 0.29) is 36.6 Å². The number of anilines is 2. The predicted octanol–water partition coefficient (Wildman–Crippen LogP) is 3.77. The number of aryl methyl sites for hydroxylation is 1. The van der Waals surface area contributed by atoms with Gasteiger partial charge in [-0.1, -0.05) is 48.0 Å². The van der Waals surface area contributed by atoms with E-state index in [1.165, 1.54) is 12.1 Å². The van der Waals surface area contributed by atoms with Crippen molar-refractivity contribution in [3.05, 3.63) is 89.5 Å². The number of sulfonamides is 1. The third-order valence-electron chi connectivity index (χ3n) is 6.07. The van der Waals surface area contributed by atoms with E-state index in [1.54, 1.807) is 60.7 Å². The first kappa shape index (κ1) is 25.4. The van der Waals surface area contributed by atoms with Crippen molar-refractivity contribution in [1.29, 1.82) is 0 Å². The summed E-state index contributed by atoms with van der Waals surface area (Å²) in [5, 5.41) is 5.71. The zero-order valence-corrected chi connectivity index (χ0v) is 20.7. The number of carbonyl (C=O) groups is 2. The molecule has 1 aliphatic rings. The van der Waals surface area contributed by atoms with Crippen LogP contribution in [-0.2, 0) is 32.6 Å². The first-order valence-electron chi connectivity index (χ1n) is 11.7. The second-order valence-electron chi connectivity index (χ2n) is 8.70. The van der Waals surface area contributed by atoms with Gasteiger partial charge < -0.3 is 10.6 Å². The fourth-order valence-corrected chi connectivity index (χ4v) is 5.85. The summed E-state index contributed by atoms with van der Waals surface area (Å²) in [6, 6.07) is 19.3. The summed E-state index contributed by atoms with van der Waals surface area (Å²) in [7, 11) is -4.10. The van der Waals surface area contributed by atoms with E-state index in [2.05, 4.69) is 10.6 Å². The third-order valence-corrected chi connectivity index (χ3v) is 7.91. The maximum absolute atomic E-state index is 13.7. The molecule has 0 bridgehead atoms. The molecule has 3 aromatic carbocycles. The molecule has 9 heteroatoms. The third kappa shape index (κ3) is 5.57. The van der Waals surface area contributed by atoms with Crippen LogP contribution in [0.15, 0.2) is 77.7 Å². The van der Waals surface area contributed by atoms with Crippen molar-refractivity contribution < 1.29 is 22.4 Å². The molecule has 0 saturated carbocycles. The number of ketones is 1. The molecule has 0 spiro atoms. The molecule has 7 nitrogen and oxygen atoms in total. The van der Waals surface area contributed by atoms with Crippen LogP contribution < -0.4 is 14.9 Å². The lowest BCUT2D eigenvalue weighted by atomic mass is 9.94. The van der Waals surface area contributed by atoms with Gasteiger partial charge in [-0.05, 0) is 48.4 Å². The van der Waals surface area contributed by atoms with E-state index in [4.69, 9.17) is 0 Å². The Morgan fingerprint density at radius 3 is 2.42 bits per heavy atom. The Balaban J connectivity index is 1.54. The molecule has 1 atom stereocenters. The van der Waals surface area contributed by atoms with Gasteiger partial charge in [-0.2, -0.15) is 0 Å². The fraction of sp³-hybridized carbons (Fsp3) is 0.259. The number of benzene rings is 3. The summed E-state index contributed by atoms with van der Waals surface area (Å²) < 4.78 is 40.8. The Labute approximate surface area is 210 Å². The standard InChI is InChI=1S/C27H28FN3O4S/c1-19-6-12-23(13-7-19)36(34,35)31-24-5-3-2-4-21(24)16-26(32)25(31)17-27(33)30-18-20-8-10-22(11-9-20)29-15-14-28/h2-13,25,29H,14-18H2,1H3,(H,30,33)/t25-/m1/s1/i28-1. The maximum atomic E-state index is 13.7. The molecule has 0 unspecified atom stereocenters. The molecule has 1 heterocycles. The number of hydrogen-bond acceptors (Lipinski definition) is 5. The van der Waals surface area contributed by atoms with Crippen molar-refractivity contribution in [3.63, 3.8) is 0 Å². The van der Waals surface area contributed by atoms with Crippen LogP contribution in [0.2, 0.25) is 0 Å². The van der Waals surface area contributed by atoms with Crippen LogP contribution in [-0.4, -0.2) is 39.4 Å². The van der Waals surface area contributed by atoms with Gasteiger partial charge in [0, 0.05) is 25.2 Å². The molecule has 3 aromatic rings. The van der Waals surface area contributed by atoms with Crippen molar-refractivity contribution in [2.75, 3.05) is 22.8 Å². The van der Waals surface area contributed by atoms with Gasteiger partial charge in [0.15, 0.2) is 5.78 Å². The normalized spacial score (nSPS) is 15.3. The lowest BCUT2D eigenvalue weighted by Gasteiger charge is -2.36. The van der Waals surface area contributed by atoms with E-state index < -0.39 is 28.6 Å². The van der Waals surface area contributed by atoms with Gasteiger partial charge in [-0.25, -0.2) is 12.8 Å². The zero-order valence-electron chi connectivity index (χ0n) is 19.9. The SMILES string of the molecule is Cc1ccc(S(=O)(=O)N2c3ccccc3CC(=O)[C@H]2CC(=O)NCc2ccc(NCC[18F])cc2)cc1. The Kier molecular flexibility index (Phi) is 7.69. The number of alkyl halides is 1. The van der Waals surface area contributed by atoms with E-state index >= 15 is 0 Å². The molecule has 0 radical (unpaired) electrons. The van der Waals surface area contributed by atoms with E-state index in [1.807, 2.05) is 6.92 Å². The molecule has 188 valence electrons. The molecule has 0 fully saturated rings. The Morgan fingerprint density at radius 1 is 1.03 bits per heavy atom. The molecule has 0 aromatic heterocycles. The summed E-state index contributed by atoms with van der Waals surface area (Å²) in [6.07, 6.45) is -0.240. The summed E-state index contributed by atoms with van der Waals surface area (Å²) in [4.78, 5) is 26.0. The van der Waals surface area contributed by atoms with Gasteiger partial charge in [0.2, 0.25) is 5.91 Å². The number of nitrogens with zero attached hydrogens (tertiary/aromatic N) is 1. The van der Waals surface area contributed by atoms with Gasteiger partial charge in [-0.15, -0.1) is 0 Å². The number of amides is 1. The Hall–Kier alpha value is -3.72. The molecule has 0 saturated heterocycles. The lowest BCUT2D eigenvalue weighted by Crippen LogP contribution is -2.51. The molecule has 2 N–H and O–H groups in total. The molecular weight excluding hydrogens is 480 g/mol. The monoisotopic (exact) mass is 508 g/mol. The van der Waals surface area contributed by atoms with Crippen molar-refractivity contribution in [1.82, 2.24) is 5.32 Å². The molecule has 1 aliphatic heterocycles. The number of nitrogens with one attached hydrogen (secondary N) is 2. The van der Waals surface area contributed by atoms with Crippen LogP contribution >= 0.6 is 0 Å². The summed E-state index contributed by atoms with van der Waals surface area (Å²) in [5.41, 5.74) is 3.51. The largest absolute Gasteiger partial charge is 0.382 e. The quantitative estimate of drug-likeness (QED) is 0.459. The van der Waals surface area contributed by atoms with E-state index in [0.717, 1.165) is 21.1 Å².